The Morgan fingerprint density at radius 2 is 2.10 bits per heavy atom. The maximum absolute atomic E-state index is 13.1. The fourth-order valence-corrected chi connectivity index (χ4v) is 2.65. The molecule has 0 aliphatic carbocycles. The molecule has 6 heteroatoms. The van der Waals surface area contributed by atoms with Crippen molar-refractivity contribution in [1.82, 2.24) is 10.2 Å². The summed E-state index contributed by atoms with van der Waals surface area (Å²) in [5, 5.41) is 2.99. The van der Waals surface area contributed by atoms with E-state index in [9.17, 15) is 14.0 Å². The molecule has 0 aromatic heterocycles. The summed E-state index contributed by atoms with van der Waals surface area (Å²) < 4.78 is 13.1. The van der Waals surface area contributed by atoms with Crippen LogP contribution in [0.4, 0.5) is 4.39 Å². The van der Waals surface area contributed by atoms with Gasteiger partial charge in [-0.2, -0.15) is 0 Å². The van der Waals surface area contributed by atoms with Gasteiger partial charge in [-0.3, -0.25) is 9.59 Å². The molecule has 2 atom stereocenters. The fourth-order valence-electron chi connectivity index (χ4n) is 2.42. The number of rotatable bonds is 4. The van der Waals surface area contributed by atoms with Gasteiger partial charge in [-0.05, 0) is 31.0 Å². The predicted molar refractivity (Wildman–Crippen MR) is 78.3 cm³/mol. The summed E-state index contributed by atoms with van der Waals surface area (Å²) in [5.41, 5.74) is 0.628. The van der Waals surface area contributed by atoms with E-state index in [0.29, 0.717) is 12.0 Å². The fraction of sp³-hybridized carbons (Fsp3) is 0.467. The number of benzene rings is 1. The van der Waals surface area contributed by atoms with E-state index in [2.05, 4.69) is 5.32 Å². The zero-order chi connectivity index (χ0) is 15.6. The van der Waals surface area contributed by atoms with Gasteiger partial charge in [0.1, 0.15) is 17.9 Å². The number of piperazine rings is 1. The molecule has 1 aliphatic rings. The van der Waals surface area contributed by atoms with Crippen molar-refractivity contribution < 1.29 is 14.0 Å². The molecule has 2 unspecified atom stereocenters. The molecule has 1 aliphatic heterocycles. The molecule has 0 saturated carbocycles. The summed E-state index contributed by atoms with van der Waals surface area (Å²) in [6, 6.07) is 2.99. The Morgan fingerprint density at radius 1 is 1.38 bits per heavy atom. The number of carbonyl (C=O) groups excluding carboxylic acids is 2. The average molecular weight is 313 g/mol. The second kappa shape index (κ2) is 6.43. The molecule has 2 amide bonds. The van der Waals surface area contributed by atoms with Gasteiger partial charge >= 0.3 is 0 Å². The van der Waals surface area contributed by atoms with E-state index in [1.54, 1.807) is 13.0 Å². The molecular weight excluding hydrogens is 295 g/mol. The van der Waals surface area contributed by atoms with Gasteiger partial charge in [0, 0.05) is 11.6 Å². The predicted octanol–water partition coefficient (Wildman–Crippen LogP) is 2.49. The van der Waals surface area contributed by atoms with Crippen LogP contribution in [0.3, 0.4) is 0 Å². The molecule has 0 spiro atoms. The van der Waals surface area contributed by atoms with Crippen molar-refractivity contribution in [2.45, 2.75) is 45.3 Å². The first-order chi connectivity index (χ1) is 9.93. The Balaban J connectivity index is 2.22. The van der Waals surface area contributed by atoms with Crippen molar-refractivity contribution in [2.75, 3.05) is 0 Å². The van der Waals surface area contributed by atoms with Gasteiger partial charge in [0.05, 0.1) is 0 Å². The third-order valence-corrected chi connectivity index (χ3v) is 4.03. The summed E-state index contributed by atoms with van der Waals surface area (Å²) in [6.45, 7) is 3.83. The van der Waals surface area contributed by atoms with E-state index >= 15 is 0 Å². The van der Waals surface area contributed by atoms with Crippen LogP contribution in [0.1, 0.15) is 32.3 Å². The van der Waals surface area contributed by atoms with Gasteiger partial charge in [-0.15, -0.1) is 0 Å². The Labute approximate surface area is 128 Å². The van der Waals surface area contributed by atoms with E-state index in [1.165, 1.54) is 17.0 Å². The van der Waals surface area contributed by atoms with E-state index in [1.807, 2.05) is 6.92 Å². The van der Waals surface area contributed by atoms with Crippen LogP contribution in [-0.4, -0.2) is 28.8 Å². The largest absolute Gasteiger partial charge is 0.343 e. The number of hydrogen-bond donors (Lipinski definition) is 1. The van der Waals surface area contributed by atoms with Crippen LogP contribution >= 0.6 is 11.6 Å². The lowest BCUT2D eigenvalue weighted by Crippen LogP contribution is -2.61. The summed E-state index contributed by atoms with van der Waals surface area (Å²) in [5.74, 6) is -0.723. The maximum Gasteiger partial charge on any atom is 0.246 e. The normalized spacial score (nSPS) is 22.4. The summed E-state index contributed by atoms with van der Waals surface area (Å²) in [4.78, 5) is 25.9. The summed E-state index contributed by atoms with van der Waals surface area (Å²) in [7, 11) is 0. The first kappa shape index (κ1) is 15.8. The van der Waals surface area contributed by atoms with Gasteiger partial charge < -0.3 is 10.2 Å². The van der Waals surface area contributed by atoms with E-state index in [-0.39, 0.29) is 23.4 Å². The number of carbonyl (C=O) groups is 2. The first-order valence-corrected chi connectivity index (χ1v) is 7.36. The summed E-state index contributed by atoms with van der Waals surface area (Å²) in [6.07, 6.45) is 1.40. The topological polar surface area (TPSA) is 49.4 Å². The van der Waals surface area contributed by atoms with Gasteiger partial charge in [-0.25, -0.2) is 4.39 Å². The highest BCUT2D eigenvalue weighted by Gasteiger charge is 2.37. The molecule has 4 nitrogen and oxygen atoms in total. The van der Waals surface area contributed by atoms with Crippen LogP contribution in [0.2, 0.25) is 5.02 Å². The Bertz CT molecular complexity index is 565. The number of nitrogens with zero attached hydrogens (tertiary/aromatic N) is 1. The molecule has 0 radical (unpaired) electrons. The van der Waals surface area contributed by atoms with Crippen molar-refractivity contribution in [1.29, 1.82) is 0 Å². The number of halogens is 2. The zero-order valence-corrected chi connectivity index (χ0v) is 12.8. The molecular formula is C15H18ClFN2O2. The Morgan fingerprint density at radius 3 is 2.71 bits per heavy atom. The monoisotopic (exact) mass is 312 g/mol. The van der Waals surface area contributed by atoms with Crippen LogP contribution in [0, 0.1) is 5.82 Å². The first-order valence-electron chi connectivity index (χ1n) is 6.98. The molecule has 1 aromatic rings. The second-order valence-electron chi connectivity index (χ2n) is 5.23. The van der Waals surface area contributed by atoms with Crippen LogP contribution in [0.25, 0.3) is 0 Å². The van der Waals surface area contributed by atoms with E-state index in [4.69, 9.17) is 11.6 Å². The van der Waals surface area contributed by atoms with Crippen molar-refractivity contribution in [3.8, 4) is 0 Å². The number of hydrogen-bond acceptors (Lipinski definition) is 2. The van der Waals surface area contributed by atoms with Crippen molar-refractivity contribution >= 4 is 23.4 Å². The Kier molecular flexibility index (Phi) is 4.83. The standard InChI is InChI=1S/C15H18ClFN2O2/c1-3-4-13-15(21)19(9(2)14(20)18-13)8-10-5-6-11(17)7-12(10)16/h5-7,9,13H,3-4,8H2,1-2H3,(H,18,20). The minimum atomic E-state index is -0.563. The lowest BCUT2D eigenvalue weighted by atomic mass is 10.0. The number of amides is 2. The Hall–Kier alpha value is -1.62. The highest BCUT2D eigenvalue weighted by molar-refractivity contribution is 6.31. The van der Waals surface area contributed by atoms with Crippen LogP contribution in [0.15, 0.2) is 18.2 Å². The van der Waals surface area contributed by atoms with E-state index < -0.39 is 17.9 Å². The molecule has 1 saturated heterocycles. The third kappa shape index (κ3) is 3.35. The van der Waals surface area contributed by atoms with Crippen molar-refractivity contribution in [2.24, 2.45) is 0 Å². The van der Waals surface area contributed by atoms with Gasteiger partial charge in [0.2, 0.25) is 11.8 Å². The minimum Gasteiger partial charge on any atom is -0.343 e. The second-order valence-corrected chi connectivity index (χ2v) is 5.63. The van der Waals surface area contributed by atoms with E-state index in [0.717, 1.165) is 6.42 Å². The maximum atomic E-state index is 13.1. The average Bonchev–Trinajstić information content (AvgIpc) is 2.43. The molecule has 21 heavy (non-hydrogen) atoms. The quantitative estimate of drug-likeness (QED) is 0.928. The zero-order valence-electron chi connectivity index (χ0n) is 12.0. The molecule has 1 N–H and O–H groups in total. The van der Waals surface area contributed by atoms with Crippen molar-refractivity contribution in [3.05, 3.63) is 34.6 Å². The minimum absolute atomic E-state index is 0.121. The van der Waals surface area contributed by atoms with Crippen LogP contribution < -0.4 is 5.32 Å². The lowest BCUT2D eigenvalue weighted by molar-refractivity contribution is -0.149. The van der Waals surface area contributed by atoms with Gasteiger partial charge in [0.15, 0.2) is 0 Å². The summed E-state index contributed by atoms with van der Waals surface area (Å²) >= 11 is 6.00. The van der Waals surface area contributed by atoms with Crippen LogP contribution in [0.5, 0.6) is 0 Å². The molecule has 1 fully saturated rings. The highest BCUT2D eigenvalue weighted by atomic mass is 35.5. The molecule has 1 heterocycles. The van der Waals surface area contributed by atoms with Gasteiger partial charge in [-0.1, -0.05) is 31.0 Å². The number of nitrogens with one attached hydrogen (secondary N) is 1. The highest BCUT2D eigenvalue weighted by Crippen LogP contribution is 2.22. The molecule has 114 valence electrons. The van der Waals surface area contributed by atoms with Crippen LogP contribution in [-0.2, 0) is 16.1 Å². The molecule has 0 bridgehead atoms. The molecule has 1 aromatic carbocycles. The lowest BCUT2D eigenvalue weighted by Gasteiger charge is -2.37. The third-order valence-electron chi connectivity index (χ3n) is 3.68. The van der Waals surface area contributed by atoms with Crippen molar-refractivity contribution in [3.63, 3.8) is 0 Å². The smallest absolute Gasteiger partial charge is 0.246 e. The SMILES string of the molecule is CCCC1NC(=O)C(C)N(Cc2ccc(F)cc2Cl)C1=O. The van der Waals surface area contributed by atoms with Gasteiger partial charge in [0.25, 0.3) is 0 Å². The molecule has 2 rings (SSSR count).